The number of anilines is 3. The number of H-pyrrole nitrogens is 1. The van der Waals surface area contributed by atoms with Crippen molar-refractivity contribution >= 4 is 39.9 Å². The van der Waals surface area contributed by atoms with Crippen LogP contribution < -0.4 is 10.6 Å². The summed E-state index contributed by atoms with van der Waals surface area (Å²) in [6, 6.07) is 18.6. The molecule has 5 rings (SSSR count). The number of nitrogens with zero attached hydrogens (tertiary/aromatic N) is 2. The molecule has 2 amide bonds. The third-order valence-electron chi connectivity index (χ3n) is 5.77. The Morgan fingerprint density at radius 3 is 2.50 bits per heavy atom. The van der Waals surface area contributed by atoms with Gasteiger partial charge in [0, 0.05) is 66.2 Å². The Kier molecular flexibility index (Phi) is 5.07. The van der Waals surface area contributed by atoms with Crippen molar-refractivity contribution in [2.75, 3.05) is 17.2 Å². The second kappa shape index (κ2) is 8.19. The van der Waals surface area contributed by atoms with E-state index in [-0.39, 0.29) is 11.8 Å². The Hall–Kier alpha value is -4.13. The van der Waals surface area contributed by atoms with Crippen molar-refractivity contribution in [2.45, 2.75) is 19.9 Å². The van der Waals surface area contributed by atoms with Gasteiger partial charge in [0.2, 0.25) is 5.91 Å². The summed E-state index contributed by atoms with van der Waals surface area (Å²) in [5.41, 5.74) is 6.23. The largest absolute Gasteiger partial charge is 0.355 e. The van der Waals surface area contributed by atoms with Crippen LogP contribution in [0, 0.1) is 0 Å². The van der Waals surface area contributed by atoms with Gasteiger partial charge in [-0.05, 0) is 42.5 Å². The molecule has 0 fully saturated rings. The number of pyridine rings is 1. The van der Waals surface area contributed by atoms with E-state index >= 15 is 0 Å². The van der Waals surface area contributed by atoms with Crippen LogP contribution in [-0.2, 0) is 17.8 Å². The van der Waals surface area contributed by atoms with E-state index in [1.807, 2.05) is 53.4 Å². The van der Waals surface area contributed by atoms with Crippen molar-refractivity contribution in [3.63, 3.8) is 0 Å². The van der Waals surface area contributed by atoms with E-state index in [0.717, 1.165) is 45.8 Å². The minimum absolute atomic E-state index is 0.0801. The molecule has 3 N–H and O–H groups in total. The monoisotopic (exact) mass is 425 g/mol. The smallest absolute Gasteiger partial charge is 0.255 e. The summed E-state index contributed by atoms with van der Waals surface area (Å²) >= 11 is 0. The number of aromatic amines is 1. The van der Waals surface area contributed by atoms with E-state index in [1.165, 1.54) is 0 Å². The number of fused-ring (bicyclic) bond motifs is 3. The molecule has 0 atom stereocenters. The summed E-state index contributed by atoms with van der Waals surface area (Å²) in [6.45, 7) is 2.90. The van der Waals surface area contributed by atoms with Crippen LogP contribution in [0.25, 0.3) is 11.0 Å². The molecule has 1 aliphatic rings. The van der Waals surface area contributed by atoms with Crippen molar-refractivity contribution < 1.29 is 9.59 Å². The van der Waals surface area contributed by atoms with E-state index in [0.29, 0.717) is 18.7 Å². The number of amides is 2. The van der Waals surface area contributed by atoms with E-state index < -0.39 is 0 Å². The molecule has 160 valence electrons. The molecule has 7 nitrogen and oxygen atoms in total. The first kappa shape index (κ1) is 19.8. The summed E-state index contributed by atoms with van der Waals surface area (Å²) in [5.74, 6) is -0.0623. The molecule has 0 bridgehead atoms. The molecule has 0 radical (unpaired) electrons. The number of rotatable bonds is 4. The highest BCUT2D eigenvalue weighted by Gasteiger charge is 2.24. The number of carbonyl (C=O) groups is 2. The zero-order chi connectivity index (χ0) is 22.1. The Bertz CT molecular complexity index is 1300. The van der Waals surface area contributed by atoms with Crippen LogP contribution in [0.15, 0.2) is 66.9 Å². The van der Waals surface area contributed by atoms with Gasteiger partial charge in [0.1, 0.15) is 5.65 Å². The normalized spacial score (nSPS) is 13.0. The van der Waals surface area contributed by atoms with Crippen LogP contribution in [0.1, 0.15) is 28.5 Å². The van der Waals surface area contributed by atoms with Crippen LogP contribution in [0.2, 0.25) is 0 Å². The average Bonchev–Trinajstić information content (AvgIpc) is 3.19. The Morgan fingerprint density at radius 2 is 1.75 bits per heavy atom. The lowest BCUT2D eigenvalue weighted by Gasteiger charge is -2.26. The van der Waals surface area contributed by atoms with Gasteiger partial charge in [0.25, 0.3) is 5.91 Å². The van der Waals surface area contributed by atoms with Crippen LogP contribution in [0.3, 0.4) is 0 Å². The first-order valence-corrected chi connectivity index (χ1v) is 10.6. The van der Waals surface area contributed by atoms with E-state index in [2.05, 4.69) is 20.6 Å². The lowest BCUT2D eigenvalue weighted by Crippen LogP contribution is -2.33. The minimum Gasteiger partial charge on any atom is -0.355 e. The van der Waals surface area contributed by atoms with Crippen LogP contribution in [-0.4, -0.2) is 33.2 Å². The summed E-state index contributed by atoms with van der Waals surface area (Å²) in [5, 5.41) is 7.38. The van der Waals surface area contributed by atoms with E-state index in [4.69, 9.17) is 0 Å². The summed E-state index contributed by atoms with van der Waals surface area (Å²) in [4.78, 5) is 34.0. The molecule has 32 heavy (non-hydrogen) atoms. The first-order valence-electron chi connectivity index (χ1n) is 10.6. The van der Waals surface area contributed by atoms with Crippen molar-refractivity contribution in [3.8, 4) is 0 Å². The van der Waals surface area contributed by atoms with Crippen molar-refractivity contribution in [1.29, 1.82) is 0 Å². The predicted molar refractivity (Wildman–Crippen MR) is 125 cm³/mol. The van der Waals surface area contributed by atoms with Crippen molar-refractivity contribution in [3.05, 3.63) is 83.7 Å². The first-order chi connectivity index (χ1) is 15.6. The fraction of sp³-hybridized carbons (Fsp3) is 0.160. The van der Waals surface area contributed by atoms with Gasteiger partial charge >= 0.3 is 0 Å². The molecule has 1 aliphatic heterocycles. The quantitative estimate of drug-likeness (QED) is 0.450. The second-order valence-corrected chi connectivity index (χ2v) is 7.88. The van der Waals surface area contributed by atoms with Crippen molar-refractivity contribution in [2.24, 2.45) is 0 Å². The Balaban J connectivity index is 1.37. The molecule has 0 saturated heterocycles. The number of hydrogen-bond donors (Lipinski definition) is 3. The lowest BCUT2D eigenvalue weighted by atomic mass is 10.0. The van der Waals surface area contributed by atoms with Gasteiger partial charge < -0.3 is 20.5 Å². The van der Waals surface area contributed by atoms with Gasteiger partial charge in [-0.25, -0.2) is 4.98 Å². The van der Waals surface area contributed by atoms with Gasteiger partial charge in [-0.3, -0.25) is 9.59 Å². The Morgan fingerprint density at radius 1 is 1.00 bits per heavy atom. The lowest BCUT2D eigenvalue weighted by molar-refractivity contribution is -0.129. The summed E-state index contributed by atoms with van der Waals surface area (Å²) in [6.07, 6.45) is 2.56. The highest BCUT2D eigenvalue weighted by Crippen LogP contribution is 2.33. The van der Waals surface area contributed by atoms with Gasteiger partial charge in [0.05, 0.1) is 5.69 Å². The molecule has 4 aromatic rings. The molecule has 0 unspecified atom stereocenters. The third-order valence-corrected chi connectivity index (χ3v) is 5.77. The van der Waals surface area contributed by atoms with Crippen LogP contribution in [0.5, 0.6) is 0 Å². The predicted octanol–water partition coefficient (Wildman–Crippen LogP) is 4.46. The molecule has 7 heteroatoms. The molecule has 0 spiro atoms. The standard InChI is InChI=1S/C25H23N5O2/c1-16(31)30-14-12-21-20(15-30)23-22(11-13-26-24(23)29-21)27-18-7-9-19(10-8-18)28-25(32)17-5-3-2-4-6-17/h2-11,13H,12,14-15H2,1H3,(H,28,32)(H2,26,27,29). The zero-order valence-electron chi connectivity index (χ0n) is 17.7. The highest BCUT2D eigenvalue weighted by molar-refractivity contribution is 6.04. The summed E-state index contributed by atoms with van der Waals surface area (Å²) < 4.78 is 0. The topological polar surface area (TPSA) is 90.1 Å². The fourth-order valence-electron chi connectivity index (χ4n) is 4.09. The SMILES string of the molecule is CC(=O)N1CCc2[nH]c3nccc(Nc4ccc(NC(=O)c5ccccc5)cc4)c3c2C1. The number of benzene rings is 2. The molecular formula is C25H23N5O2. The van der Waals surface area contributed by atoms with E-state index in [1.54, 1.807) is 25.3 Å². The molecule has 2 aromatic carbocycles. The number of carbonyl (C=O) groups excluding carboxylic acids is 2. The van der Waals surface area contributed by atoms with Gasteiger partial charge in [-0.15, -0.1) is 0 Å². The van der Waals surface area contributed by atoms with Crippen molar-refractivity contribution in [1.82, 2.24) is 14.9 Å². The molecule has 0 saturated carbocycles. The summed E-state index contributed by atoms with van der Waals surface area (Å²) in [7, 11) is 0. The molecule has 3 heterocycles. The highest BCUT2D eigenvalue weighted by atomic mass is 16.2. The molecule has 2 aromatic heterocycles. The van der Waals surface area contributed by atoms with Crippen LogP contribution in [0.4, 0.5) is 17.1 Å². The Labute approximate surface area is 185 Å². The third kappa shape index (κ3) is 3.80. The fourth-order valence-corrected chi connectivity index (χ4v) is 4.09. The van der Waals surface area contributed by atoms with E-state index in [9.17, 15) is 9.59 Å². The maximum Gasteiger partial charge on any atom is 0.255 e. The zero-order valence-corrected chi connectivity index (χ0v) is 17.7. The van der Waals surface area contributed by atoms with Gasteiger partial charge in [0.15, 0.2) is 0 Å². The average molecular weight is 425 g/mol. The molecule has 0 aliphatic carbocycles. The maximum atomic E-state index is 12.4. The molecular weight excluding hydrogens is 402 g/mol. The minimum atomic E-state index is -0.142. The number of aromatic nitrogens is 2. The maximum absolute atomic E-state index is 12.4. The van der Waals surface area contributed by atoms with Crippen LogP contribution >= 0.6 is 0 Å². The second-order valence-electron chi connectivity index (χ2n) is 7.88. The van der Waals surface area contributed by atoms with Gasteiger partial charge in [-0.1, -0.05) is 18.2 Å². The number of nitrogens with one attached hydrogen (secondary N) is 3. The van der Waals surface area contributed by atoms with Gasteiger partial charge in [-0.2, -0.15) is 0 Å². The number of hydrogen-bond acceptors (Lipinski definition) is 4.